The summed E-state index contributed by atoms with van der Waals surface area (Å²) in [7, 11) is 0. The number of hydrogen-bond donors (Lipinski definition) is 3. The Morgan fingerprint density at radius 1 is 1.23 bits per heavy atom. The summed E-state index contributed by atoms with van der Waals surface area (Å²) in [4.78, 5) is 38.0. The molecule has 3 aliphatic carbocycles. The summed E-state index contributed by atoms with van der Waals surface area (Å²) in [6.07, 6.45) is 3.73. The van der Waals surface area contributed by atoms with Gasteiger partial charge in [0.15, 0.2) is 0 Å². The van der Waals surface area contributed by atoms with Crippen LogP contribution < -0.4 is 16.4 Å². The van der Waals surface area contributed by atoms with Gasteiger partial charge in [-0.15, -0.1) is 0 Å². The maximum absolute atomic E-state index is 12.8. The van der Waals surface area contributed by atoms with Gasteiger partial charge >= 0.3 is 0 Å². The van der Waals surface area contributed by atoms with Crippen molar-refractivity contribution in [2.24, 2.45) is 5.73 Å². The van der Waals surface area contributed by atoms with Gasteiger partial charge in [0.05, 0.1) is 0 Å². The third-order valence-electron chi connectivity index (χ3n) is 6.40. The number of nitrogens with zero attached hydrogens (tertiary/aromatic N) is 1. The highest BCUT2D eigenvalue weighted by atomic mass is 16.2. The van der Waals surface area contributed by atoms with Crippen molar-refractivity contribution in [3.05, 3.63) is 34.9 Å². The number of benzene rings is 1. The molecule has 3 saturated carbocycles. The first-order valence-electron chi connectivity index (χ1n) is 9.18. The average Bonchev–Trinajstić information content (AvgIpc) is 2.87. The maximum atomic E-state index is 12.8. The molecule has 4 fully saturated rings. The molecule has 0 aromatic heterocycles. The zero-order chi connectivity index (χ0) is 18.1. The highest BCUT2D eigenvalue weighted by Gasteiger charge is 2.65. The molecule has 2 heterocycles. The van der Waals surface area contributed by atoms with Crippen LogP contribution >= 0.6 is 0 Å². The molecule has 5 aliphatic rings. The molecule has 7 nitrogen and oxygen atoms in total. The lowest BCUT2D eigenvalue weighted by atomic mass is 9.44. The molecule has 1 atom stereocenters. The van der Waals surface area contributed by atoms with Gasteiger partial charge in [-0.05, 0) is 42.9 Å². The third kappa shape index (κ3) is 2.23. The van der Waals surface area contributed by atoms with Crippen LogP contribution in [0, 0.1) is 0 Å². The minimum Gasteiger partial charge on any atom is -0.325 e. The van der Waals surface area contributed by atoms with Gasteiger partial charge in [0, 0.05) is 36.2 Å². The quantitative estimate of drug-likeness (QED) is 0.669. The molecule has 6 rings (SSSR count). The molecule has 0 radical (unpaired) electrons. The molecule has 1 aromatic carbocycles. The number of carbonyl (C=O) groups is 3. The first-order chi connectivity index (χ1) is 12.4. The van der Waals surface area contributed by atoms with Crippen LogP contribution in [-0.4, -0.2) is 39.7 Å². The second kappa shape index (κ2) is 5.14. The Labute approximate surface area is 151 Å². The van der Waals surface area contributed by atoms with E-state index >= 15 is 0 Å². The van der Waals surface area contributed by atoms with Crippen LogP contribution in [0.3, 0.4) is 0 Å². The summed E-state index contributed by atoms with van der Waals surface area (Å²) in [6, 6.07) is 5.19. The van der Waals surface area contributed by atoms with Crippen molar-refractivity contribution in [1.29, 1.82) is 0 Å². The summed E-state index contributed by atoms with van der Waals surface area (Å²) >= 11 is 0. The standard InChI is InChI=1S/C19H22N4O3/c20-18-8-19(9-18,10-18)21-6-11-2-1-3-12-13(11)7-23(17(12)26)14-4-5-15(24)22-16(14)25/h1-3,14,21H,4-10,20H2,(H,22,24,25). The maximum Gasteiger partial charge on any atom is 0.255 e. The number of fused-ring (bicyclic) bond motifs is 1. The topological polar surface area (TPSA) is 105 Å². The lowest BCUT2D eigenvalue weighted by Gasteiger charge is -2.69. The van der Waals surface area contributed by atoms with Crippen LogP contribution in [0.1, 0.15) is 53.6 Å². The van der Waals surface area contributed by atoms with Crippen molar-refractivity contribution in [1.82, 2.24) is 15.5 Å². The van der Waals surface area contributed by atoms with E-state index in [0.717, 1.165) is 30.4 Å². The molecule has 2 bridgehead atoms. The minimum absolute atomic E-state index is 0.0597. The molecule has 1 saturated heterocycles. The summed E-state index contributed by atoms with van der Waals surface area (Å²) < 4.78 is 0. The highest BCUT2D eigenvalue weighted by molar-refractivity contribution is 6.05. The van der Waals surface area contributed by atoms with Crippen molar-refractivity contribution in [2.45, 2.75) is 62.3 Å². The molecule has 1 unspecified atom stereocenters. The molecule has 3 amide bonds. The number of imide groups is 1. The highest BCUT2D eigenvalue weighted by Crippen LogP contribution is 2.58. The molecule has 26 heavy (non-hydrogen) atoms. The monoisotopic (exact) mass is 354 g/mol. The molecule has 2 aliphatic heterocycles. The van der Waals surface area contributed by atoms with E-state index in [-0.39, 0.29) is 35.2 Å². The number of piperidine rings is 1. The summed E-state index contributed by atoms with van der Waals surface area (Å²) in [5.41, 5.74) is 9.12. The molecule has 136 valence electrons. The summed E-state index contributed by atoms with van der Waals surface area (Å²) in [6.45, 7) is 1.13. The Balaban J connectivity index is 1.33. The van der Waals surface area contributed by atoms with Crippen molar-refractivity contribution < 1.29 is 14.4 Å². The Hall–Kier alpha value is -2.25. The van der Waals surface area contributed by atoms with Gasteiger partial charge in [0.25, 0.3) is 5.91 Å². The SMILES string of the molecule is NC12CC(NCc3cccc4c3CN(C3CCC(=O)NC3=O)C4=O)(C1)C2. The molecule has 1 aromatic rings. The fraction of sp³-hybridized carbons (Fsp3) is 0.526. The van der Waals surface area contributed by atoms with Gasteiger partial charge < -0.3 is 16.0 Å². The van der Waals surface area contributed by atoms with E-state index in [1.165, 1.54) is 0 Å². The molecular formula is C19H22N4O3. The fourth-order valence-electron chi connectivity index (χ4n) is 5.15. The van der Waals surface area contributed by atoms with E-state index in [1.54, 1.807) is 4.90 Å². The number of nitrogens with one attached hydrogen (secondary N) is 2. The van der Waals surface area contributed by atoms with E-state index in [2.05, 4.69) is 10.6 Å². The summed E-state index contributed by atoms with van der Waals surface area (Å²) in [5, 5.41) is 5.96. The predicted octanol–water partition coefficient (Wildman–Crippen LogP) is 0.171. The number of amides is 3. The minimum atomic E-state index is -0.567. The summed E-state index contributed by atoms with van der Waals surface area (Å²) in [5.74, 6) is -0.761. The van der Waals surface area contributed by atoms with Crippen molar-refractivity contribution in [3.63, 3.8) is 0 Å². The van der Waals surface area contributed by atoms with Crippen LogP contribution in [0.5, 0.6) is 0 Å². The van der Waals surface area contributed by atoms with E-state index in [9.17, 15) is 14.4 Å². The number of nitrogens with two attached hydrogens (primary N) is 1. The number of rotatable bonds is 4. The van der Waals surface area contributed by atoms with Gasteiger partial charge in [-0.3, -0.25) is 19.7 Å². The van der Waals surface area contributed by atoms with E-state index < -0.39 is 6.04 Å². The van der Waals surface area contributed by atoms with E-state index in [4.69, 9.17) is 5.73 Å². The van der Waals surface area contributed by atoms with Crippen LogP contribution in [0.25, 0.3) is 0 Å². The Kier molecular flexibility index (Phi) is 3.16. The van der Waals surface area contributed by atoms with Gasteiger partial charge in [-0.2, -0.15) is 0 Å². The van der Waals surface area contributed by atoms with E-state index in [0.29, 0.717) is 25.1 Å². The Morgan fingerprint density at radius 3 is 2.69 bits per heavy atom. The zero-order valence-electron chi connectivity index (χ0n) is 14.5. The third-order valence-corrected chi connectivity index (χ3v) is 6.40. The number of hydrogen-bond acceptors (Lipinski definition) is 5. The molecule has 0 spiro atoms. The fourth-order valence-corrected chi connectivity index (χ4v) is 5.15. The van der Waals surface area contributed by atoms with Crippen LogP contribution in [0.15, 0.2) is 18.2 Å². The lowest BCUT2D eigenvalue weighted by Crippen LogP contribution is -2.81. The van der Waals surface area contributed by atoms with Gasteiger partial charge in [0.2, 0.25) is 11.8 Å². The lowest BCUT2D eigenvalue weighted by molar-refractivity contribution is -0.136. The largest absolute Gasteiger partial charge is 0.325 e. The average molecular weight is 354 g/mol. The van der Waals surface area contributed by atoms with Gasteiger partial charge in [-0.1, -0.05) is 12.1 Å². The first-order valence-corrected chi connectivity index (χ1v) is 9.18. The Morgan fingerprint density at radius 2 is 2.00 bits per heavy atom. The normalized spacial score (nSPS) is 34.9. The van der Waals surface area contributed by atoms with Crippen LogP contribution in [-0.2, 0) is 22.7 Å². The van der Waals surface area contributed by atoms with Crippen molar-refractivity contribution in [3.8, 4) is 0 Å². The van der Waals surface area contributed by atoms with Crippen LogP contribution in [0.4, 0.5) is 0 Å². The second-order valence-corrected chi connectivity index (χ2v) is 8.37. The molecule has 7 heteroatoms. The second-order valence-electron chi connectivity index (χ2n) is 8.37. The first kappa shape index (κ1) is 16.0. The van der Waals surface area contributed by atoms with Crippen LogP contribution in [0.2, 0.25) is 0 Å². The van der Waals surface area contributed by atoms with Gasteiger partial charge in [-0.25, -0.2) is 0 Å². The Bertz CT molecular complexity index is 829. The van der Waals surface area contributed by atoms with Gasteiger partial charge in [0.1, 0.15) is 6.04 Å². The predicted molar refractivity (Wildman–Crippen MR) is 92.8 cm³/mol. The van der Waals surface area contributed by atoms with Crippen molar-refractivity contribution >= 4 is 17.7 Å². The number of carbonyl (C=O) groups excluding carboxylic acids is 3. The zero-order valence-corrected chi connectivity index (χ0v) is 14.5. The molecular weight excluding hydrogens is 332 g/mol. The van der Waals surface area contributed by atoms with Crippen molar-refractivity contribution in [2.75, 3.05) is 0 Å². The van der Waals surface area contributed by atoms with E-state index in [1.807, 2.05) is 18.2 Å². The smallest absolute Gasteiger partial charge is 0.255 e. The molecule has 4 N–H and O–H groups in total.